The van der Waals surface area contributed by atoms with Crippen LogP contribution in [-0.4, -0.2) is 22.6 Å². The zero-order chi connectivity index (χ0) is 19.6. The Bertz CT molecular complexity index is 1170. The minimum absolute atomic E-state index is 0. The van der Waals surface area contributed by atoms with Gasteiger partial charge in [0, 0.05) is 6.07 Å². The molecule has 0 spiro atoms. The first-order valence-electron chi connectivity index (χ1n) is 7.76. The molecule has 0 saturated heterocycles. The van der Waals surface area contributed by atoms with Crippen molar-refractivity contribution in [3.05, 3.63) is 76.6 Å². The largest absolute Gasteiger partial charge is 1.00 e. The predicted octanol–water partition coefficient (Wildman–Crippen LogP) is 0.175. The molecule has 0 fully saturated rings. The van der Waals surface area contributed by atoms with Crippen LogP contribution < -0.4 is 56.9 Å². The van der Waals surface area contributed by atoms with Crippen LogP contribution in [0.3, 0.4) is 0 Å². The number of azo groups is 1. The van der Waals surface area contributed by atoms with E-state index in [4.69, 9.17) is 0 Å². The Hall–Kier alpha value is -1.66. The maximum Gasteiger partial charge on any atom is 1.00 e. The Morgan fingerprint density at radius 2 is 1.61 bits per heavy atom. The molecule has 8 nitrogen and oxygen atoms in total. The molecule has 0 saturated carbocycles. The van der Waals surface area contributed by atoms with E-state index in [-0.39, 0.29) is 73.5 Å². The summed E-state index contributed by atoms with van der Waals surface area (Å²) >= 11 is 0. The molecule has 0 unspecified atom stereocenters. The van der Waals surface area contributed by atoms with Crippen LogP contribution in [0.2, 0.25) is 0 Å². The Morgan fingerprint density at radius 3 is 2.18 bits per heavy atom. The third-order valence-corrected chi connectivity index (χ3v) is 4.61. The third-order valence-electron chi connectivity index (χ3n) is 3.76. The van der Waals surface area contributed by atoms with Gasteiger partial charge in [0.2, 0.25) is 5.88 Å². The van der Waals surface area contributed by atoms with E-state index in [0.29, 0.717) is 11.3 Å². The average molecular weight is 423 g/mol. The average Bonchev–Trinajstić information content (AvgIpc) is 2.62. The summed E-state index contributed by atoms with van der Waals surface area (Å²) in [6, 6.07) is 14.8. The number of aromatic hydroxyl groups is 1. The molecule has 0 bridgehead atoms. The van der Waals surface area contributed by atoms with E-state index in [0.717, 1.165) is 16.7 Å². The minimum atomic E-state index is -4.54. The number of aryl methyl sites for hydroxylation is 1. The van der Waals surface area contributed by atoms with Crippen molar-refractivity contribution in [2.75, 3.05) is 0 Å². The van der Waals surface area contributed by atoms with Crippen molar-refractivity contribution < 1.29 is 69.5 Å². The van der Waals surface area contributed by atoms with Gasteiger partial charge in [-0.15, -0.1) is 5.11 Å². The van der Waals surface area contributed by atoms with Crippen LogP contribution in [-0.2, 0) is 10.1 Å². The van der Waals surface area contributed by atoms with E-state index in [1.165, 1.54) is 18.2 Å². The monoisotopic (exact) mass is 423 g/mol. The molecule has 0 atom stereocenters. The molecule has 1 N–H and O–H groups in total. The van der Waals surface area contributed by atoms with Gasteiger partial charge in [0.15, 0.2) is 0 Å². The van der Waals surface area contributed by atoms with Crippen molar-refractivity contribution in [3.63, 3.8) is 0 Å². The van der Waals surface area contributed by atoms with Crippen LogP contribution in [0, 0.1) is 6.92 Å². The number of hydrogen-bond acceptors (Lipinski definition) is 7. The van der Waals surface area contributed by atoms with Crippen LogP contribution >= 0.6 is 0 Å². The van der Waals surface area contributed by atoms with Gasteiger partial charge in [-0.2, -0.15) is 5.11 Å². The molecule has 2 aromatic carbocycles. The number of pyridine rings is 1. The summed E-state index contributed by atoms with van der Waals surface area (Å²) in [5.74, 6) is -0.367. The van der Waals surface area contributed by atoms with Crippen molar-refractivity contribution >= 4 is 21.5 Å². The Morgan fingerprint density at radius 1 is 1.00 bits per heavy atom. The van der Waals surface area contributed by atoms with Crippen LogP contribution in [0.5, 0.6) is 5.88 Å². The quantitative estimate of drug-likeness (QED) is 0.364. The standard InChI is InChI=1S/C18H15N3O5S.K/c1-12-11-16(22)21(14-5-3-2-4-6-14)18(23)17(12)20-19-13-7-9-15(10-8-13)27(24,25)26;/h2-11,23H,1H3,(H,24,25,26);/q;+1/p-1. The molecule has 1 aromatic heterocycles. The van der Waals surface area contributed by atoms with Gasteiger partial charge in [-0.25, -0.2) is 13.0 Å². The number of para-hydroxylation sites is 1. The first kappa shape index (κ1) is 22.6. The molecule has 1 heterocycles. The van der Waals surface area contributed by atoms with Crippen molar-refractivity contribution in [2.24, 2.45) is 10.2 Å². The number of benzene rings is 2. The Labute approximate surface area is 203 Å². The molecule has 3 rings (SSSR count). The van der Waals surface area contributed by atoms with E-state index in [9.17, 15) is 22.9 Å². The van der Waals surface area contributed by atoms with Gasteiger partial charge >= 0.3 is 51.4 Å². The zero-order valence-electron chi connectivity index (χ0n) is 15.1. The van der Waals surface area contributed by atoms with Crippen LogP contribution in [0.15, 0.2) is 80.6 Å². The van der Waals surface area contributed by atoms with Crippen LogP contribution in [0.4, 0.5) is 11.4 Å². The first-order valence-corrected chi connectivity index (χ1v) is 9.17. The molecule has 28 heavy (non-hydrogen) atoms. The number of aromatic nitrogens is 1. The van der Waals surface area contributed by atoms with Crippen molar-refractivity contribution in [1.29, 1.82) is 0 Å². The van der Waals surface area contributed by atoms with Crippen molar-refractivity contribution in [3.8, 4) is 11.6 Å². The molecule has 0 aliphatic heterocycles. The summed E-state index contributed by atoms with van der Waals surface area (Å²) in [4.78, 5) is 11.9. The van der Waals surface area contributed by atoms with Crippen LogP contribution in [0.25, 0.3) is 5.69 Å². The third kappa shape index (κ3) is 5.03. The summed E-state index contributed by atoms with van der Waals surface area (Å²) in [6.45, 7) is 1.61. The summed E-state index contributed by atoms with van der Waals surface area (Å²) in [5, 5.41) is 18.4. The van der Waals surface area contributed by atoms with E-state index in [1.807, 2.05) is 0 Å². The van der Waals surface area contributed by atoms with Gasteiger partial charge in [-0.05, 0) is 48.9 Å². The zero-order valence-corrected chi connectivity index (χ0v) is 19.0. The Balaban J connectivity index is 0.00000280. The summed E-state index contributed by atoms with van der Waals surface area (Å²) in [7, 11) is -4.54. The normalized spacial score (nSPS) is 11.4. The number of nitrogens with zero attached hydrogens (tertiary/aromatic N) is 3. The van der Waals surface area contributed by atoms with Crippen molar-refractivity contribution in [2.45, 2.75) is 11.8 Å². The SMILES string of the molecule is Cc1cc(=O)n(-c2ccccc2)c(O)c1N=Nc1ccc(S(=O)(=O)[O-])cc1.[K+]. The second-order valence-electron chi connectivity index (χ2n) is 5.66. The van der Waals surface area contributed by atoms with Gasteiger partial charge < -0.3 is 9.66 Å². The van der Waals surface area contributed by atoms with Crippen molar-refractivity contribution in [1.82, 2.24) is 4.57 Å². The fraction of sp³-hybridized carbons (Fsp3) is 0.0556. The van der Waals surface area contributed by atoms with Crippen LogP contribution in [0.1, 0.15) is 5.56 Å². The van der Waals surface area contributed by atoms with Gasteiger partial charge in [0.05, 0.1) is 16.3 Å². The molecule has 0 amide bonds. The maximum atomic E-state index is 12.3. The summed E-state index contributed by atoms with van der Waals surface area (Å²) < 4.78 is 33.9. The molecule has 0 radical (unpaired) electrons. The molecule has 0 aliphatic rings. The summed E-state index contributed by atoms with van der Waals surface area (Å²) in [5.41, 5.74) is 0.853. The smallest absolute Gasteiger partial charge is 0.744 e. The van der Waals surface area contributed by atoms with E-state index in [1.54, 1.807) is 37.3 Å². The molecular formula is C18H14KN3O5S. The predicted molar refractivity (Wildman–Crippen MR) is 97.0 cm³/mol. The summed E-state index contributed by atoms with van der Waals surface area (Å²) in [6.07, 6.45) is 0. The van der Waals surface area contributed by atoms with E-state index < -0.39 is 15.7 Å². The number of rotatable bonds is 4. The maximum absolute atomic E-state index is 12.3. The minimum Gasteiger partial charge on any atom is -0.744 e. The molecular weight excluding hydrogens is 409 g/mol. The second-order valence-corrected chi connectivity index (χ2v) is 7.04. The molecule has 3 aromatic rings. The van der Waals surface area contributed by atoms with Gasteiger partial charge in [-0.1, -0.05) is 18.2 Å². The Kier molecular flexibility index (Phi) is 7.45. The fourth-order valence-corrected chi connectivity index (χ4v) is 2.91. The first-order chi connectivity index (χ1) is 12.8. The fourth-order valence-electron chi connectivity index (χ4n) is 2.44. The van der Waals surface area contributed by atoms with Gasteiger partial charge in [0.25, 0.3) is 5.56 Å². The topological polar surface area (TPSA) is 124 Å². The van der Waals surface area contributed by atoms with E-state index in [2.05, 4.69) is 10.2 Å². The van der Waals surface area contributed by atoms with Gasteiger partial charge in [-0.3, -0.25) is 4.79 Å². The molecule has 0 aliphatic carbocycles. The molecule has 10 heteroatoms. The van der Waals surface area contributed by atoms with Gasteiger partial charge in [0.1, 0.15) is 15.8 Å². The molecule has 138 valence electrons. The van der Waals surface area contributed by atoms with E-state index >= 15 is 0 Å². The second kappa shape index (κ2) is 9.22. The number of hydrogen-bond donors (Lipinski definition) is 1.